The van der Waals surface area contributed by atoms with E-state index in [4.69, 9.17) is 34.8 Å². The second kappa shape index (κ2) is 5.26. The van der Waals surface area contributed by atoms with Gasteiger partial charge in [-0.15, -0.1) is 0 Å². The fourth-order valence-corrected chi connectivity index (χ4v) is 2.66. The summed E-state index contributed by atoms with van der Waals surface area (Å²) < 4.78 is 14.4. The maximum Gasteiger partial charge on any atom is 0.221 e. The van der Waals surface area contributed by atoms with E-state index in [1.807, 2.05) is 22.6 Å². The third-order valence-corrected chi connectivity index (χ3v) is 4.22. The van der Waals surface area contributed by atoms with Crippen molar-refractivity contribution in [2.45, 2.75) is 0 Å². The van der Waals surface area contributed by atoms with Crippen LogP contribution in [0.25, 0.3) is 11.1 Å². The summed E-state index contributed by atoms with van der Waals surface area (Å²) in [5.74, 6) is -0.564. The molecule has 1 heterocycles. The van der Waals surface area contributed by atoms with Crippen molar-refractivity contribution in [3.63, 3.8) is 0 Å². The first kappa shape index (κ1) is 13.3. The molecular formula is C11H4Cl3FIN. The van der Waals surface area contributed by atoms with E-state index >= 15 is 0 Å². The highest BCUT2D eigenvalue weighted by molar-refractivity contribution is 14.1. The molecule has 0 bridgehead atoms. The van der Waals surface area contributed by atoms with Crippen molar-refractivity contribution in [2.24, 2.45) is 0 Å². The number of hydrogen-bond acceptors (Lipinski definition) is 1. The van der Waals surface area contributed by atoms with Crippen LogP contribution in [0.3, 0.4) is 0 Å². The third kappa shape index (κ3) is 2.67. The van der Waals surface area contributed by atoms with Gasteiger partial charge in [0.05, 0.1) is 20.6 Å². The van der Waals surface area contributed by atoms with E-state index in [0.29, 0.717) is 11.1 Å². The number of benzene rings is 1. The first-order valence-corrected chi connectivity index (χ1v) is 6.67. The van der Waals surface area contributed by atoms with Crippen LogP contribution >= 0.6 is 57.4 Å². The number of nitrogens with zero attached hydrogens (tertiary/aromatic N) is 1. The number of aromatic nitrogens is 1. The van der Waals surface area contributed by atoms with E-state index in [0.717, 1.165) is 3.57 Å². The summed E-state index contributed by atoms with van der Waals surface area (Å²) in [6.07, 6.45) is 1.40. The van der Waals surface area contributed by atoms with Gasteiger partial charge in [0.25, 0.3) is 0 Å². The van der Waals surface area contributed by atoms with E-state index in [9.17, 15) is 4.39 Å². The molecule has 17 heavy (non-hydrogen) atoms. The van der Waals surface area contributed by atoms with Crippen LogP contribution in [0.15, 0.2) is 24.4 Å². The SMILES string of the molecule is Fc1nccc(I)c1-c1cc(Cl)c(Cl)c(Cl)c1. The normalized spacial score (nSPS) is 10.6. The Bertz CT molecular complexity index is 546. The van der Waals surface area contributed by atoms with Crippen LogP contribution in [0.1, 0.15) is 0 Å². The van der Waals surface area contributed by atoms with Crippen molar-refractivity contribution in [3.8, 4) is 11.1 Å². The van der Waals surface area contributed by atoms with Crippen LogP contribution in [0.2, 0.25) is 15.1 Å². The summed E-state index contributed by atoms with van der Waals surface area (Å²) in [5.41, 5.74) is 0.924. The molecule has 0 aliphatic carbocycles. The summed E-state index contributed by atoms with van der Waals surface area (Å²) in [7, 11) is 0. The van der Waals surface area contributed by atoms with Gasteiger partial charge >= 0.3 is 0 Å². The lowest BCUT2D eigenvalue weighted by Crippen LogP contribution is -1.92. The zero-order chi connectivity index (χ0) is 12.6. The molecule has 0 aliphatic rings. The van der Waals surface area contributed by atoms with Gasteiger partial charge in [0.1, 0.15) is 0 Å². The summed E-state index contributed by atoms with van der Waals surface area (Å²) in [6.45, 7) is 0. The van der Waals surface area contributed by atoms with Gasteiger partial charge in [-0.1, -0.05) is 34.8 Å². The van der Waals surface area contributed by atoms with Gasteiger partial charge in [-0.05, 0) is 46.4 Å². The molecule has 0 saturated heterocycles. The minimum absolute atomic E-state index is 0.261. The molecule has 0 N–H and O–H groups in total. The zero-order valence-corrected chi connectivity index (χ0v) is 12.6. The van der Waals surface area contributed by atoms with Gasteiger partial charge in [0.15, 0.2) is 0 Å². The predicted molar refractivity (Wildman–Crippen MR) is 77.4 cm³/mol. The highest BCUT2D eigenvalue weighted by atomic mass is 127. The van der Waals surface area contributed by atoms with E-state index in [-0.39, 0.29) is 15.1 Å². The molecule has 1 aromatic heterocycles. The van der Waals surface area contributed by atoms with Crippen LogP contribution < -0.4 is 0 Å². The summed E-state index contributed by atoms with van der Waals surface area (Å²) in [5, 5.41) is 0.831. The molecule has 0 aliphatic heterocycles. The Labute approximate surface area is 126 Å². The predicted octanol–water partition coefficient (Wildman–Crippen LogP) is 5.45. The van der Waals surface area contributed by atoms with Crippen LogP contribution in [0.4, 0.5) is 4.39 Å². The van der Waals surface area contributed by atoms with Crippen LogP contribution in [-0.4, -0.2) is 4.98 Å². The fourth-order valence-electron chi connectivity index (χ4n) is 1.37. The lowest BCUT2D eigenvalue weighted by Gasteiger charge is -2.08. The molecule has 0 fully saturated rings. The van der Waals surface area contributed by atoms with Crippen LogP contribution in [-0.2, 0) is 0 Å². The van der Waals surface area contributed by atoms with Gasteiger partial charge in [0.2, 0.25) is 5.95 Å². The van der Waals surface area contributed by atoms with Gasteiger partial charge in [0, 0.05) is 9.77 Å². The molecule has 0 radical (unpaired) electrons. The molecule has 6 heteroatoms. The lowest BCUT2D eigenvalue weighted by atomic mass is 10.1. The Hall–Kier alpha value is -0.100. The minimum atomic E-state index is -0.564. The summed E-state index contributed by atoms with van der Waals surface area (Å²) in [4.78, 5) is 3.61. The monoisotopic (exact) mass is 401 g/mol. The Balaban J connectivity index is 2.69. The first-order chi connectivity index (χ1) is 8.00. The second-order valence-corrected chi connectivity index (χ2v) is 5.57. The zero-order valence-electron chi connectivity index (χ0n) is 8.15. The van der Waals surface area contributed by atoms with Gasteiger partial charge in [-0.25, -0.2) is 4.98 Å². The van der Waals surface area contributed by atoms with Crippen molar-refractivity contribution in [1.29, 1.82) is 0 Å². The molecule has 0 unspecified atom stereocenters. The summed E-state index contributed by atoms with van der Waals surface area (Å²) in [6, 6.07) is 4.84. The van der Waals surface area contributed by atoms with E-state index in [1.54, 1.807) is 18.2 Å². The van der Waals surface area contributed by atoms with Gasteiger partial charge in [-0.2, -0.15) is 4.39 Å². The van der Waals surface area contributed by atoms with Crippen LogP contribution in [0, 0.1) is 9.52 Å². The minimum Gasteiger partial charge on any atom is -0.228 e. The topological polar surface area (TPSA) is 12.9 Å². The highest BCUT2D eigenvalue weighted by Gasteiger charge is 2.14. The number of pyridine rings is 1. The van der Waals surface area contributed by atoms with Crippen molar-refractivity contribution in [2.75, 3.05) is 0 Å². The van der Waals surface area contributed by atoms with Gasteiger partial charge < -0.3 is 0 Å². The number of hydrogen-bond donors (Lipinski definition) is 0. The Morgan fingerprint density at radius 2 is 1.71 bits per heavy atom. The molecular weight excluding hydrogens is 398 g/mol. The Morgan fingerprint density at radius 3 is 2.24 bits per heavy atom. The van der Waals surface area contributed by atoms with E-state index in [1.165, 1.54) is 6.20 Å². The van der Waals surface area contributed by atoms with Crippen molar-refractivity contribution in [1.82, 2.24) is 4.98 Å². The van der Waals surface area contributed by atoms with E-state index < -0.39 is 5.95 Å². The second-order valence-electron chi connectivity index (χ2n) is 3.21. The number of halogens is 5. The molecule has 88 valence electrons. The van der Waals surface area contributed by atoms with Crippen molar-refractivity contribution in [3.05, 3.63) is 49.0 Å². The largest absolute Gasteiger partial charge is 0.228 e. The standard InChI is InChI=1S/C11H4Cl3FIN/c12-6-3-5(4-7(13)10(6)14)9-8(16)1-2-17-11(9)15/h1-4H. The molecule has 0 amide bonds. The molecule has 1 nitrogen and oxygen atoms in total. The highest BCUT2D eigenvalue weighted by Crippen LogP contribution is 2.36. The average molecular weight is 402 g/mol. The maximum absolute atomic E-state index is 13.7. The molecule has 0 atom stereocenters. The average Bonchev–Trinajstić information content (AvgIpc) is 2.25. The molecule has 0 spiro atoms. The molecule has 2 aromatic rings. The Morgan fingerprint density at radius 1 is 1.12 bits per heavy atom. The van der Waals surface area contributed by atoms with Crippen molar-refractivity contribution >= 4 is 57.4 Å². The quantitative estimate of drug-likeness (QED) is 0.351. The first-order valence-electron chi connectivity index (χ1n) is 4.45. The summed E-state index contributed by atoms with van der Waals surface area (Å²) >= 11 is 19.7. The molecule has 2 rings (SSSR count). The third-order valence-electron chi connectivity index (χ3n) is 2.13. The van der Waals surface area contributed by atoms with Crippen molar-refractivity contribution < 1.29 is 4.39 Å². The van der Waals surface area contributed by atoms with Gasteiger partial charge in [-0.3, -0.25) is 0 Å². The number of rotatable bonds is 1. The Kier molecular flexibility index (Phi) is 4.13. The maximum atomic E-state index is 13.7. The van der Waals surface area contributed by atoms with Crippen LogP contribution in [0.5, 0.6) is 0 Å². The lowest BCUT2D eigenvalue weighted by molar-refractivity contribution is 0.586. The smallest absolute Gasteiger partial charge is 0.221 e. The van der Waals surface area contributed by atoms with E-state index in [2.05, 4.69) is 4.98 Å². The molecule has 1 aromatic carbocycles. The molecule has 0 saturated carbocycles. The fraction of sp³-hybridized carbons (Fsp3) is 0.